The zero-order valence-corrected chi connectivity index (χ0v) is 16.2. The molecule has 4 rings (SSSR count). The lowest BCUT2D eigenvalue weighted by Crippen LogP contribution is -2.63. The third-order valence-corrected chi connectivity index (χ3v) is 6.03. The number of benzene rings is 1. The summed E-state index contributed by atoms with van der Waals surface area (Å²) in [5.74, 6) is 0.640. The lowest BCUT2D eigenvalue weighted by Gasteiger charge is -2.49. The van der Waals surface area contributed by atoms with Gasteiger partial charge in [0.15, 0.2) is 0 Å². The Kier molecular flexibility index (Phi) is 4.87. The molecule has 27 heavy (non-hydrogen) atoms. The van der Waals surface area contributed by atoms with Crippen molar-refractivity contribution >= 4 is 11.7 Å². The molecule has 0 unspecified atom stereocenters. The van der Waals surface area contributed by atoms with Gasteiger partial charge in [0.05, 0.1) is 0 Å². The topological polar surface area (TPSA) is 62.5 Å². The third-order valence-electron chi connectivity index (χ3n) is 6.03. The second-order valence-corrected chi connectivity index (χ2v) is 7.95. The van der Waals surface area contributed by atoms with E-state index in [-0.39, 0.29) is 5.91 Å². The number of hydrogen-bond acceptors (Lipinski definition) is 4. The van der Waals surface area contributed by atoms with Gasteiger partial charge in [-0.2, -0.15) is 0 Å². The minimum Gasteiger partial charge on any atom is -0.384 e. The van der Waals surface area contributed by atoms with Crippen LogP contribution in [0.1, 0.15) is 42.1 Å². The van der Waals surface area contributed by atoms with Gasteiger partial charge in [0.25, 0.3) is 5.91 Å². The van der Waals surface area contributed by atoms with Crippen LogP contribution in [0.4, 0.5) is 5.82 Å². The van der Waals surface area contributed by atoms with Crippen molar-refractivity contribution in [2.45, 2.75) is 45.2 Å². The Labute approximate surface area is 161 Å². The highest BCUT2D eigenvalue weighted by Gasteiger charge is 2.37. The van der Waals surface area contributed by atoms with Gasteiger partial charge in [0, 0.05) is 42.5 Å². The van der Waals surface area contributed by atoms with Crippen LogP contribution in [-0.2, 0) is 0 Å². The first kappa shape index (κ1) is 18.0. The fourth-order valence-electron chi connectivity index (χ4n) is 4.38. The summed E-state index contributed by atoms with van der Waals surface area (Å²) >= 11 is 0. The Morgan fingerprint density at radius 3 is 2.78 bits per heavy atom. The van der Waals surface area contributed by atoms with Crippen LogP contribution >= 0.6 is 0 Å². The maximum atomic E-state index is 12.9. The molecule has 142 valence electrons. The highest BCUT2D eigenvalue weighted by Crippen LogP contribution is 2.28. The summed E-state index contributed by atoms with van der Waals surface area (Å²) < 4.78 is 0. The van der Waals surface area contributed by atoms with E-state index < -0.39 is 0 Å². The number of hydrogen-bond donors (Lipinski definition) is 1. The summed E-state index contributed by atoms with van der Waals surface area (Å²) in [5, 5.41) is 0. The molecule has 2 N–H and O–H groups in total. The van der Waals surface area contributed by atoms with Crippen LogP contribution in [0.15, 0.2) is 36.5 Å². The highest BCUT2D eigenvalue weighted by atomic mass is 16.2. The van der Waals surface area contributed by atoms with Crippen molar-refractivity contribution in [3.63, 3.8) is 0 Å². The van der Waals surface area contributed by atoms with Gasteiger partial charge in [0.1, 0.15) is 5.82 Å². The predicted octanol–water partition coefficient (Wildman–Crippen LogP) is 3.34. The van der Waals surface area contributed by atoms with Gasteiger partial charge in [-0.1, -0.05) is 18.6 Å². The smallest absolute Gasteiger partial charge is 0.253 e. The number of amides is 1. The lowest BCUT2D eigenvalue weighted by atomic mass is 9.96. The number of nitrogen functional groups attached to an aromatic ring is 1. The zero-order chi connectivity index (χ0) is 19.0. The molecule has 2 aromatic rings. The van der Waals surface area contributed by atoms with Gasteiger partial charge in [-0.15, -0.1) is 0 Å². The highest BCUT2D eigenvalue weighted by molar-refractivity contribution is 5.96. The molecule has 0 spiro atoms. The predicted molar refractivity (Wildman–Crippen MR) is 109 cm³/mol. The Morgan fingerprint density at radius 2 is 2.04 bits per heavy atom. The number of likely N-dealkylation sites (tertiary alicyclic amines) is 2. The van der Waals surface area contributed by atoms with E-state index in [1.165, 1.54) is 25.8 Å². The Hall–Kier alpha value is -2.40. The molecule has 2 aliphatic rings. The van der Waals surface area contributed by atoms with Crippen molar-refractivity contribution < 1.29 is 4.79 Å². The first-order chi connectivity index (χ1) is 13.0. The number of aryl methyl sites for hydroxylation is 1. The zero-order valence-electron chi connectivity index (χ0n) is 16.2. The molecule has 1 aromatic heterocycles. The number of anilines is 1. The van der Waals surface area contributed by atoms with Crippen LogP contribution < -0.4 is 5.73 Å². The van der Waals surface area contributed by atoms with E-state index >= 15 is 0 Å². The average Bonchev–Trinajstić information content (AvgIpc) is 2.62. The van der Waals surface area contributed by atoms with Gasteiger partial charge in [-0.05, 0) is 62.6 Å². The maximum Gasteiger partial charge on any atom is 0.253 e. The number of rotatable bonds is 3. The number of carbonyl (C=O) groups is 1. The number of pyridine rings is 1. The molecule has 3 heterocycles. The van der Waals surface area contributed by atoms with E-state index in [0.717, 1.165) is 35.3 Å². The van der Waals surface area contributed by atoms with E-state index in [1.807, 2.05) is 42.2 Å². The molecule has 5 heteroatoms. The van der Waals surface area contributed by atoms with Crippen LogP contribution in [0.3, 0.4) is 0 Å². The SMILES string of the molecule is Cc1cc(N)ncc1-c1cccc(C(=O)N2CC(N3CCCC[C@H]3C)C2)c1. The van der Waals surface area contributed by atoms with E-state index in [9.17, 15) is 4.79 Å². The monoisotopic (exact) mass is 364 g/mol. The molecular formula is C22H28N4O. The molecule has 2 fully saturated rings. The van der Waals surface area contributed by atoms with Crippen molar-refractivity contribution in [3.8, 4) is 11.1 Å². The molecule has 2 saturated heterocycles. The lowest BCUT2D eigenvalue weighted by molar-refractivity contribution is 0.00213. The second-order valence-electron chi connectivity index (χ2n) is 7.95. The second kappa shape index (κ2) is 7.31. The molecule has 0 radical (unpaired) electrons. The van der Waals surface area contributed by atoms with Crippen molar-refractivity contribution in [2.75, 3.05) is 25.4 Å². The average molecular weight is 364 g/mol. The molecule has 0 aliphatic carbocycles. The minimum atomic E-state index is 0.124. The molecule has 1 atom stereocenters. The minimum absolute atomic E-state index is 0.124. The van der Waals surface area contributed by atoms with Crippen molar-refractivity contribution in [2.24, 2.45) is 0 Å². The fraction of sp³-hybridized carbons (Fsp3) is 0.455. The van der Waals surface area contributed by atoms with Crippen molar-refractivity contribution in [3.05, 3.63) is 47.7 Å². The number of nitrogens with two attached hydrogens (primary N) is 1. The van der Waals surface area contributed by atoms with Crippen LogP contribution in [0, 0.1) is 6.92 Å². The molecule has 0 saturated carbocycles. The summed E-state index contributed by atoms with van der Waals surface area (Å²) in [6, 6.07) is 10.9. The standard InChI is InChI=1S/C22H28N4O/c1-15-10-21(23)24-12-20(15)17-7-5-8-18(11-17)22(27)25-13-19(14-25)26-9-4-3-6-16(26)2/h5,7-8,10-12,16,19H,3-4,6,9,13-14H2,1-2H3,(H2,23,24)/t16-/m1/s1. The van der Waals surface area contributed by atoms with Crippen molar-refractivity contribution in [1.82, 2.24) is 14.8 Å². The van der Waals surface area contributed by atoms with E-state index in [0.29, 0.717) is 17.9 Å². The summed E-state index contributed by atoms with van der Waals surface area (Å²) in [5.41, 5.74) is 9.59. The maximum absolute atomic E-state index is 12.9. The normalized spacial score (nSPS) is 21.1. The largest absolute Gasteiger partial charge is 0.384 e. The molecule has 5 nitrogen and oxygen atoms in total. The van der Waals surface area contributed by atoms with E-state index in [4.69, 9.17) is 5.73 Å². The number of carbonyl (C=O) groups excluding carboxylic acids is 1. The summed E-state index contributed by atoms with van der Waals surface area (Å²) in [6.07, 6.45) is 5.68. The van der Waals surface area contributed by atoms with Gasteiger partial charge < -0.3 is 10.6 Å². The van der Waals surface area contributed by atoms with Gasteiger partial charge >= 0.3 is 0 Å². The number of nitrogens with zero attached hydrogens (tertiary/aromatic N) is 3. The fourth-order valence-corrected chi connectivity index (χ4v) is 4.38. The first-order valence-electron chi connectivity index (χ1n) is 9.90. The number of piperidine rings is 1. The van der Waals surface area contributed by atoms with Crippen LogP contribution in [0.5, 0.6) is 0 Å². The molecule has 1 aromatic carbocycles. The first-order valence-corrected chi connectivity index (χ1v) is 9.90. The Bertz CT molecular complexity index is 844. The summed E-state index contributed by atoms with van der Waals surface area (Å²) in [6.45, 7) is 7.19. The van der Waals surface area contributed by atoms with Crippen LogP contribution in [0.2, 0.25) is 0 Å². The quantitative estimate of drug-likeness (QED) is 0.907. The van der Waals surface area contributed by atoms with Crippen LogP contribution in [-0.4, -0.2) is 52.4 Å². The Morgan fingerprint density at radius 1 is 1.22 bits per heavy atom. The summed E-state index contributed by atoms with van der Waals surface area (Å²) in [7, 11) is 0. The van der Waals surface area contributed by atoms with Gasteiger partial charge in [-0.25, -0.2) is 4.98 Å². The summed E-state index contributed by atoms with van der Waals surface area (Å²) in [4.78, 5) is 21.7. The van der Waals surface area contributed by atoms with Gasteiger partial charge in [0.2, 0.25) is 0 Å². The third kappa shape index (κ3) is 3.56. The van der Waals surface area contributed by atoms with Gasteiger partial charge in [-0.3, -0.25) is 9.69 Å². The molecular weight excluding hydrogens is 336 g/mol. The van der Waals surface area contributed by atoms with E-state index in [2.05, 4.69) is 16.8 Å². The molecule has 2 aliphatic heterocycles. The van der Waals surface area contributed by atoms with Crippen LogP contribution in [0.25, 0.3) is 11.1 Å². The van der Waals surface area contributed by atoms with Crippen molar-refractivity contribution in [1.29, 1.82) is 0 Å². The number of aromatic nitrogens is 1. The molecule has 0 bridgehead atoms. The molecule has 1 amide bonds. The Balaban J connectivity index is 1.46. The van der Waals surface area contributed by atoms with E-state index in [1.54, 1.807) is 6.20 Å².